The van der Waals surface area contributed by atoms with Gasteiger partial charge in [-0.3, -0.25) is 9.59 Å². The van der Waals surface area contributed by atoms with Crippen LogP contribution < -0.4 is 4.74 Å². The number of H-pyrrole nitrogens is 1. The topological polar surface area (TPSA) is 59.2 Å². The van der Waals surface area contributed by atoms with Crippen molar-refractivity contribution in [3.63, 3.8) is 0 Å². The van der Waals surface area contributed by atoms with Gasteiger partial charge in [0.25, 0.3) is 0 Å². The van der Waals surface area contributed by atoms with Crippen molar-refractivity contribution in [1.82, 2.24) is 4.98 Å². The van der Waals surface area contributed by atoms with Gasteiger partial charge in [-0.05, 0) is 42.6 Å². The van der Waals surface area contributed by atoms with Crippen molar-refractivity contribution in [3.8, 4) is 5.75 Å². The van der Waals surface area contributed by atoms with Gasteiger partial charge in [0.15, 0.2) is 5.78 Å². The molecular weight excluding hydrogens is 326 g/mol. The summed E-state index contributed by atoms with van der Waals surface area (Å²) in [6, 6.07) is 13.9. The Labute approximate surface area is 145 Å². The first-order chi connectivity index (χ1) is 11.6. The molecule has 2 aromatic carbocycles. The van der Waals surface area contributed by atoms with Crippen LogP contribution in [0.5, 0.6) is 5.75 Å². The number of Topliss-reactive ketones (excluding diaryl/α,β-unsaturated/α-hetero) is 1. The van der Waals surface area contributed by atoms with Gasteiger partial charge in [0.2, 0.25) is 5.75 Å². The number of aryl methyl sites for hydroxylation is 1. The summed E-state index contributed by atoms with van der Waals surface area (Å²) >= 11 is 4.32. The quantitative estimate of drug-likeness (QED) is 0.425. The highest BCUT2D eigenvalue weighted by atomic mass is 35.5. The first-order valence-corrected chi connectivity index (χ1v) is 7.84. The zero-order valence-electron chi connectivity index (χ0n) is 13.5. The normalized spacial score (nSPS) is 9.96. The molecule has 0 fully saturated rings. The van der Waals surface area contributed by atoms with Crippen LogP contribution in [0.25, 0.3) is 10.9 Å². The lowest BCUT2D eigenvalue weighted by atomic mass is 10.1. The highest BCUT2D eigenvalue weighted by Crippen LogP contribution is 2.32. The van der Waals surface area contributed by atoms with Crippen LogP contribution in [0, 0.1) is 6.92 Å². The van der Waals surface area contributed by atoms with Crippen LogP contribution >= 0.6 is 11.6 Å². The monoisotopic (exact) mass is 343 g/mol. The summed E-state index contributed by atoms with van der Waals surface area (Å²) in [5.74, 6) is 1.00. The fourth-order valence-electron chi connectivity index (χ4n) is 2.49. The van der Waals surface area contributed by atoms with Crippen LogP contribution in [0.4, 0.5) is 0 Å². The number of nitrogens with one attached hydrogen (secondary N) is 1. The molecule has 24 heavy (non-hydrogen) atoms. The van der Waals surface area contributed by atoms with Gasteiger partial charge >= 0.3 is 0 Å². The fraction of sp³-hybridized carbons (Fsp3) is 0.158. The second kappa shape index (κ2) is 8.31. The van der Waals surface area contributed by atoms with E-state index in [0.29, 0.717) is 12.2 Å². The van der Waals surface area contributed by atoms with E-state index in [0.717, 1.165) is 27.8 Å². The molecule has 4 nitrogen and oxygen atoms in total. The van der Waals surface area contributed by atoms with Crippen LogP contribution in [-0.4, -0.2) is 16.5 Å². The molecule has 0 aliphatic carbocycles. The maximum atomic E-state index is 11.8. The molecule has 0 atom stereocenters. The number of carbonyl (C=O) groups excluding carboxylic acids is 2. The molecule has 5 heteroatoms. The van der Waals surface area contributed by atoms with Crippen LogP contribution in [0.2, 0.25) is 0 Å². The van der Waals surface area contributed by atoms with Gasteiger partial charge in [0.1, 0.15) is 12.4 Å². The molecule has 0 unspecified atom stereocenters. The lowest BCUT2D eigenvalue weighted by Crippen LogP contribution is -1.98. The Bertz CT molecular complexity index is 840. The first kappa shape index (κ1) is 17.8. The molecular formula is C19H18ClNO3. The van der Waals surface area contributed by atoms with Crippen LogP contribution in [0.15, 0.2) is 48.7 Å². The SMILES string of the molecule is CC(=O)c1c[nH]c2c(C)ccc(OCc3ccccc3)c12.O=CCl. The number of hydrogen-bond acceptors (Lipinski definition) is 3. The molecule has 0 radical (unpaired) electrons. The summed E-state index contributed by atoms with van der Waals surface area (Å²) in [6.07, 6.45) is 1.76. The molecule has 0 bridgehead atoms. The average Bonchev–Trinajstić information content (AvgIpc) is 3.02. The van der Waals surface area contributed by atoms with Gasteiger partial charge in [-0.15, -0.1) is 0 Å². The molecule has 0 spiro atoms. The van der Waals surface area contributed by atoms with Gasteiger partial charge in [-0.1, -0.05) is 36.4 Å². The second-order valence-electron chi connectivity index (χ2n) is 5.25. The molecule has 0 amide bonds. The minimum atomic E-state index is 0.0383. The van der Waals surface area contributed by atoms with E-state index >= 15 is 0 Å². The van der Waals surface area contributed by atoms with Crippen molar-refractivity contribution in [2.75, 3.05) is 0 Å². The molecule has 0 aliphatic rings. The fourth-order valence-corrected chi connectivity index (χ4v) is 2.49. The summed E-state index contributed by atoms with van der Waals surface area (Å²) < 4.78 is 5.94. The number of halogens is 1. The summed E-state index contributed by atoms with van der Waals surface area (Å²) in [5, 5.41) is 0.874. The number of benzene rings is 2. The lowest BCUT2D eigenvalue weighted by molar-refractivity contribution is 0.101. The number of ether oxygens (including phenoxy) is 1. The number of fused-ring (bicyclic) bond motifs is 1. The van der Waals surface area contributed by atoms with Crippen LogP contribution in [-0.2, 0) is 11.4 Å². The zero-order valence-corrected chi connectivity index (χ0v) is 14.3. The van der Waals surface area contributed by atoms with E-state index in [1.807, 2.05) is 49.4 Å². The van der Waals surface area contributed by atoms with E-state index in [9.17, 15) is 4.79 Å². The number of hydrogen-bond donors (Lipinski definition) is 1. The highest BCUT2D eigenvalue weighted by molar-refractivity contribution is 6.54. The summed E-state index contributed by atoms with van der Waals surface area (Å²) in [4.78, 5) is 23.5. The van der Waals surface area contributed by atoms with Gasteiger partial charge in [0, 0.05) is 11.8 Å². The zero-order chi connectivity index (χ0) is 17.5. The van der Waals surface area contributed by atoms with Crippen molar-refractivity contribution < 1.29 is 14.3 Å². The van der Waals surface area contributed by atoms with E-state index in [4.69, 9.17) is 9.53 Å². The smallest absolute Gasteiger partial charge is 0.208 e. The number of ketones is 1. The van der Waals surface area contributed by atoms with E-state index in [1.54, 1.807) is 13.1 Å². The Hall–Kier alpha value is -2.59. The number of rotatable bonds is 4. The second-order valence-corrected chi connectivity index (χ2v) is 5.43. The van der Waals surface area contributed by atoms with Gasteiger partial charge in [0.05, 0.1) is 10.9 Å². The van der Waals surface area contributed by atoms with E-state index in [1.165, 1.54) is 0 Å². The maximum Gasteiger partial charge on any atom is 0.208 e. The van der Waals surface area contributed by atoms with Crippen molar-refractivity contribution in [2.24, 2.45) is 0 Å². The Kier molecular flexibility index (Phi) is 6.15. The van der Waals surface area contributed by atoms with E-state index in [2.05, 4.69) is 16.6 Å². The largest absolute Gasteiger partial charge is 0.488 e. The maximum absolute atomic E-state index is 11.8. The standard InChI is InChI=1S/C18H17NO2.CHClO/c1-12-8-9-16(21-11-14-6-4-3-5-7-14)17-15(13(2)20)10-19-18(12)17;2-1-3/h3-10,19H,11H2,1-2H3;1H. The minimum absolute atomic E-state index is 0.0383. The van der Waals surface area contributed by atoms with Crippen molar-refractivity contribution >= 4 is 34.0 Å². The molecule has 1 aromatic heterocycles. The van der Waals surface area contributed by atoms with Crippen LogP contribution in [0.3, 0.4) is 0 Å². The number of carbonyl (C=O) groups is 2. The third-order valence-corrected chi connectivity index (χ3v) is 3.62. The predicted molar refractivity (Wildman–Crippen MR) is 96.4 cm³/mol. The van der Waals surface area contributed by atoms with E-state index < -0.39 is 0 Å². The minimum Gasteiger partial charge on any atom is -0.488 e. The van der Waals surface area contributed by atoms with Crippen molar-refractivity contribution in [1.29, 1.82) is 0 Å². The summed E-state index contributed by atoms with van der Waals surface area (Å²) in [6.45, 7) is 4.08. The molecule has 3 aromatic rings. The predicted octanol–water partition coefficient (Wildman–Crippen LogP) is 4.67. The molecule has 1 N–H and O–H groups in total. The Morgan fingerprint density at radius 2 is 1.88 bits per heavy atom. The summed E-state index contributed by atoms with van der Waals surface area (Å²) in [5.41, 5.74) is 3.85. The molecule has 124 valence electrons. The van der Waals surface area contributed by atoms with Gasteiger partial charge < -0.3 is 9.72 Å². The Morgan fingerprint density at radius 1 is 1.21 bits per heavy atom. The Morgan fingerprint density at radius 3 is 2.50 bits per heavy atom. The van der Waals surface area contributed by atoms with Crippen molar-refractivity contribution in [2.45, 2.75) is 20.5 Å². The Balaban J connectivity index is 0.000000647. The van der Waals surface area contributed by atoms with E-state index in [-0.39, 0.29) is 11.5 Å². The van der Waals surface area contributed by atoms with Crippen molar-refractivity contribution in [3.05, 3.63) is 65.4 Å². The van der Waals surface area contributed by atoms with Gasteiger partial charge in [-0.25, -0.2) is 0 Å². The lowest BCUT2D eigenvalue weighted by Gasteiger charge is -2.10. The molecule has 1 heterocycles. The molecule has 0 saturated carbocycles. The summed E-state index contributed by atoms with van der Waals surface area (Å²) in [7, 11) is 0. The average molecular weight is 344 g/mol. The number of aromatic nitrogens is 1. The molecule has 0 saturated heterocycles. The highest BCUT2D eigenvalue weighted by Gasteiger charge is 2.14. The van der Waals surface area contributed by atoms with Crippen LogP contribution in [0.1, 0.15) is 28.4 Å². The first-order valence-electron chi connectivity index (χ1n) is 7.40. The third kappa shape index (κ3) is 4.03. The molecule has 3 rings (SSSR count). The third-order valence-electron chi connectivity index (χ3n) is 3.62. The van der Waals surface area contributed by atoms with Gasteiger partial charge in [-0.2, -0.15) is 0 Å². The number of aromatic amines is 1. The molecule has 0 aliphatic heterocycles.